The van der Waals surface area contributed by atoms with Gasteiger partial charge in [0.2, 0.25) is 0 Å². The van der Waals surface area contributed by atoms with E-state index in [1.54, 1.807) is 30.3 Å². The first kappa shape index (κ1) is 22.4. The minimum Gasteiger partial charge on any atom is -0.487 e. The number of halogens is 2. The molecule has 0 radical (unpaired) electrons. The molecule has 0 saturated heterocycles. The van der Waals surface area contributed by atoms with Gasteiger partial charge in [0.1, 0.15) is 24.0 Å². The maximum Gasteiger partial charge on any atom is 0.266 e. The van der Waals surface area contributed by atoms with Crippen LogP contribution in [-0.2, 0) is 11.4 Å². The SMILES string of the molecule is Cc1ccc(NC(=O)C(C#N)=Cc2ccc(OCc3ccccc3Cl)c(Cl)c2)cc1C. The summed E-state index contributed by atoms with van der Waals surface area (Å²) in [6.07, 6.45) is 1.49. The summed E-state index contributed by atoms with van der Waals surface area (Å²) in [5.74, 6) is -0.00209. The van der Waals surface area contributed by atoms with Gasteiger partial charge in [0.05, 0.1) is 5.02 Å². The van der Waals surface area contributed by atoms with E-state index < -0.39 is 5.91 Å². The highest BCUT2D eigenvalue weighted by Gasteiger charge is 2.11. The minimum atomic E-state index is -0.485. The van der Waals surface area contributed by atoms with Gasteiger partial charge in [-0.15, -0.1) is 0 Å². The van der Waals surface area contributed by atoms with Gasteiger partial charge in [-0.25, -0.2) is 0 Å². The fraction of sp³-hybridized carbons (Fsp3) is 0.120. The van der Waals surface area contributed by atoms with E-state index in [1.807, 2.05) is 50.2 Å². The van der Waals surface area contributed by atoms with Crippen LogP contribution >= 0.6 is 23.2 Å². The molecular formula is C25H20Cl2N2O2. The van der Waals surface area contributed by atoms with Gasteiger partial charge >= 0.3 is 0 Å². The van der Waals surface area contributed by atoms with E-state index in [1.165, 1.54) is 6.08 Å². The van der Waals surface area contributed by atoms with Crippen LogP contribution in [0.15, 0.2) is 66.2 Å². The van der Waals surface area contributed by atoms with Crippen LogP contribution in [0.3, 0.4) is 0 Å². The van der Waals surface area contributed by atoms with Gasteiger partial charge in [-0.05, 0) is 66.9 Å². The number of aryl methyl sites for hydroxylation is 2. The summed E-state index contributed by atoms with van der Waals surface area (Å²) in [6, 6.07) is 20.0. The molecule has 0 aromatic heterocycles. The number of hydrogen-bond donors (Lipinski definition) is 1. The van der Waals surface area contributed by atoms with Gasteiger partial charge < -0.3 is 10.1 Å². The molecule has 0 aliphatic rings. The molecule has 0 spiro atoms. The Morgan fingerprint density at radius 2 is 1.81 bits per heavy atom. The van der Waals surface area contributed by atoms with Gasteiger partial charge in [-0.1, -0.05) is 53.5 Å². The molecule has 6 heteroatoms. The lowest BCUT2D eigenvalue weighted by Gasteiger charge is -2.10. The van der Waals surface area contributed by atoms with Crippen LogP contribution in [0.25, 0.3) is 6.08 Å². The standard InChI is InChI=1S/C25H20Cl2N2O2/c1-16-7-9-21(11-17(16)2)29-25(30)20(14-28)12-18-8-10-24(23(27)13-18)31-15-19-5-3-4-6-22(19)26/h3-13H,15H2,1-2H3,(H,29,30). The summed E-state index contributed by atoms with van der Waals surface area (Å²) in [4.78, 5) is 12.5. The Labute approximate surface area is 191 Å². The zero-order valence-corrected chi connectivity index (χ0v) is 18.6. The number of nitriles is 1. The Kier molecular flexibility index (Phi) is 7.36. The van der Waals surface area contributed by atoms with E-state index in [-0.39, 0.29) is 12.2 Å². The van der Waals surface area contributed by atoms with E-state index in [4.69, 9.17) is 27.9 Å². The molecular weight excluding hydrogens is 431 g/mol. The van der Waals surface area contributed by atoms with E-state index >= 15 is 0 Å². The highest BCUT2D eigenvalue weighted by molar-refractivity contribution is 6.32. The molecule has 0 heterocycles. The van der Waals surface area contributed by atoms with Crippen molar-refractivity contribution in [2.75, 3.05) is 5.32 Å². The van der Waals surface area contributed by atoms with Crippen molar-refractivity contribution in [1.82, 2.24) is 0 Å². The monoisotopic (exact) mass is 450 g/mol. The number of hydrogen-bond acceptors (Lipinski definition) is 3. The third-order valence-corrected chi connectivity index (χ3v) is 5.40. The molecule has 1 amide bonds. The smallest absolute Gasteiger partial charge is 0.266 e. The number of rotatable bonds is 6. The fourth-order valence-corrected chi connectivity index (χ4v) is 3.26. The van der Waals surface area contributed by atoms with Crippen molar-refractivity contribution >= 4 is 40.9 Å². The van der Waals surface area contributed by atoms with Crippen molar-refractivity contribution in [2.45, 2.75) is 20.5 Å². The highest BCUT2D eigenvalue weighted by Crippen LogP contribution is 2.28. The molecule has 0 atom stereocenters. The summed E-state index contributed by atoms with van der Waals surface area (Å²) in [6.45, 7) is 4.23. The van der Waals surface area contributed by atoms with Gasteiger partial charge in [-0.2, -0.15) is 5.26 Å². The number of carbonyl (C=O) groups excluding carboxylic acids is 1. The fourth-order valence-electron chi connectivity index (χ4n) is 2.83. The van der Waals surface area contributed by atoms with E-state index in [0.717, 1.165) is 16.7 Å². The molecule has 0 aliphatic heterocycles. The van der Waals surface area contributed by atoms with Crippen molar-refractivity contribution in [3.05, 3.63) is 98.5 Å². The van der Waals surface area contributed by atoms with Gasteiger partial charge in [0, 0.05) is 16.3 Å². The summed E-state index contributed by atoms with van der Waals surface area (Å²) in [5.41, 5.74) is 4.25. The van der Waals surface area contributed by atoms with Crippen molar-refractivity contribution < 1.29 is 9.53 Å². The van der Waals surface area contributed by atoms with Crippen LogP contribution in [-0.4, -0.2) is 5.91 Å². The molecule has 0 aliphatic carbocycles. The number of nitrogens with zero attached hydrogens (tertiary/aromatic N) is 1. The second-order valence-corrected chi connectivity index (χ2v) is 7.81. The summed E-state index contributed by atoms with van der Waals surface area (Å²) in [5, 5.41) is 13.2. The minimum absolute atomic E-state index is 0.0287. The molecule has 1 N–H and O–H groups in total. The average molecular weight is 451 g/mol. The number of ether oxygens (including phenoxy) is 1. The Balaban J connectivity index is 1.72. The molecule has 0 fully saturated rings. The Morgan fingerprint density at radius 3 is 2.48 bits per heavy atom. The Hall–Kier alpha value is -3.26. The number of amides is 1. The van der Waals surface area contributed by atoms with Crippen molar-refractivity contribution in [2.24, 2.45) is 0 Å². The third kappa shape index (κ3) is 5.88. The second-order valence-electron chi connectivity index (χ2n) is 6.99. The molecule has 3 aromatic rings. The van der Waals surface area contributed by atoms with Crippen LogP contribution in [0.4, 0.5) is 5.69 Å². The molecule has 3 aromatic carbocycles. The first-order valence-electron chi connectivity index (χ1n) is 9.53. The number of nitrogens with one attached hydrogen (secondary N) is 1. The highest BCUT2D eigenvalue weighted by atomic mass is 35.5. The van der Waals surface area contributed by atoms with E-state index in [9.17, 15) is 10.1 Å². The van der Waals surface area contributed by atoms with E-state index in [0.29, 0.717) is 27.0 Å². The lowest BCUT2D eigenvalue weighted by molar-refractivity contribution is -0.112. The quantitative estimate of drug-likeness (QED) is 0.334. The topological polar surface area (TPSA) is 62.1 Å². The van der Waals surface area contributed by atoms with Gasteiger partial charge in [-0.3, -0.25) is 4.79 Å². The second kappa shape index (κ2) is 10.2. The van der Waals surface area contributed by atoms with Crippen molar-refractivity contribution in [3.63, 3.8) is 0 Å². The van der Waals surface area contributed by atoms with Crippen LogP contribution in [0.2, 0.25) is 10.0 Å². The number of benzene rings is 3. The van der Waals surface area contributed by atoms with E-state index in [2.05, 4.69) is 5.32 Å². The Bertz CT molecular complexity index is 1200. The zero-order valence-electron chi connectivity index (χ0n) is 17.1. The van der Waals surface area contributed by atoms with Crippen LogP contribution < -0.4 is 10.1 Å². The van der Waals surface area contributed by atoms with Crippen LogP contribution in [0.1, 0.15) is 22.3 Å². The van der Waals surface area contributed by atoms with Crippen LogP contribution in [0.5, 0.6) is 5.75 Å². The van der Waals surface area contributed by atoms with Crippen molar-refractivity contribution in [1.29, 1.82) is 5.26 Å². The van der Waals surface area contributed by atoms with Gasteiger partial charge in [0.25, 0.3) is 5.91 Å². The maximum absolute atomic E-state index is 12.5. The predicted molar refractivity (Wildman–Crippen MR) is 125 cm³/mol. The first-order valence-corrected chi connectivity index (χ1v) is 10.3. The Morgan fingerprint density at radius 1 is 1.03 bits per heavy atom. The molecule has 3 rings (SSSR count). The molecule has 4 nitrogen and oxygen atoms in total. The summed E-state index contributed by atoms with van der Waals surface area (Å²) < 4.78 is 5.76. The molecule has 31 heavy (non-hydrogen) atoms. The van der Waals surface area contributed by atoms with Crippen molar-refractivity contribution in [3.8, 4) is 11.8 Å². The largest absolute Gasteiger partial charge is 0.487 e. The van der Waals surface area contributed by atoms with Gasteiger partial charge in [0.15, 0.2) is 0 Å². The average Bonchev–Trinajstić information content (AvgIpc) is 2.75. The molecule has 0 bridgehead atoms. The zero-order chi connectivity index (χ0) is 22.4. The lowest BCUT2D eigenvalue weighted by Crippen LogP contribution is -2.13. The normalized spacial score (nSPS) is 11.0. The van der Waals surface area contributed by atoms with Crippen LogP contribution in [0, 0.1) is 25.2 Å². The summed E-state index contributed by atoms with van der Waals surface area (Å²) in [7, 11) is 0. The molecule has 156 valence electrons. The third-order valence-electron chi connectivity index (χ3n) is 4.74. The number of anilines is 1. The summed E-state index contributed by atoms with van der Waals surface area (Å²) >= 11 is 12.5. The predicted octanol–water partition coefficient (Wildman–Crippen LogP) is 6.73. The maximum atomic E-state index is 12.5. The molecule has 0 unspecified atom stereocenters. The number of carbonyl (C=O) groups is 1. The first-order chi connectivity index (χ1) is 14.9. The molecule has 0 saturated carbocycles. The lowest BCUT2D eigenvalue weighted by atomic mass is 10.1.